The van der Waals surface area contributed by atoms with Crippen LogP contribution in [-0.4, -0.2) is 12.0 Å². The fourth-order valence-electron chi connectivity index (χ4n) is 1.50. The summed E-state index contributed by atoms with van der Waals surface area (Å²) in [5, 5.41) is 4.42. The van der Waals surface area contributed by atoms with E-state index < -0.39 is 0 Å². The highest BCUT2D eigenvalue weighted by Gasteiger charge is 2.00. The van der Waals surface area contributed by atoms with Gasteiger partial charge in [0.1, 0.15) is 0 Å². The fourth-order valence-corrected chi connectivity index (χ4v) is 1.50. The number of hydrogen-bond donors (Lipinski definition) is 2. The molecule has 0 spiro atoms. The SMILES string of the molecule is CNc1cccc2cc(C)[nH]c12. The third kappa shape index (κ3) is 0.961. The highest BCUT2D eigenvalue weighted by atomic mass is 14.9. The maximum atomic E-state index is 3.32. The minimum Gasteiger partial charge on any atom is -0.386 e. The first-order valence-corrected chi connectivity index (χ1v) is 4.07. The van der Waals surface area contributed by atoms with Gasteiger partial charge in [-0.15, -0.1) is 0 Å². The van der Waals surface area contributed by atoms with E-state index in [-0.39, 0.29) is 0 Å². The number of aromatic amines is 1. The molecule has 2 heteroatoms. The van der Waals surface area contributed by atoms with Crippen LogP contribution in [-0.2, 0) is 0 Å². The van der Waals surface area contributed by atoms with Crippen LogP contribution in [0.1, 0.15) is 5.69 Å². The Kier molecular flexibility index (Phi) is 1.54. The Hall–Kier alpha value is -1.44. The van der Waals surface area contributed by atoms with Gasteiger partial charge in [0, 0.05) is 18.1 Å². The van der Waals surface area contributed by atoms with Crippen LogP contribution in [0.15, 0.2) is 24.3 Å². The van der Waals surface area contributed by atoms with Crippen molar-refractivity contribution in [1.29, 1.82) is 0 Å². The molecule has 0 atom stereocenters. The summed E-state index contributed by atoms with van der Waals surface area (Å²) in [5.41, 5.74) is 3.55. The number of hydrogen-bond acceptors (Lipinski definition) is 1. The van der Waals surface area contributed by atoms with Crippen LogP contribution in [0, 0.1) is 6.92 Å². The lowest BCUT2D eigenvalue weighted by Gasteiger charge is -2.00. The van der Waals surface area contributed by atoms with Crippen molar-refractivity contribution < 1.29 is 0 Å². The highest BCUT2D eigenvalue weighted by molar-refractivity contribution is 5.91. The maximum absolute atomic E-state index is 3.32. The number of aryl methyl sites for hydroxylation is 1. The quantitative estimate of drug-likeness (QED) is 0.659. The first kappa shape index (κ1) is 7.22. The Labute approximate surface area is 71.6 Å². The molecule has 1 heterocycles. The second-order valence-corrected chi connectivity index (χ2v) is 2.97. The van der Waals surface area contributed by atoms with E-state index in [9.17, 15) is 0 Å². The summed E-state index contributed by atoms with van der Waals surface area (Å²) >= 11 is 0. The van der Waals surface area contributed by atoms with Crippen molar-refractivity contribution in [3.63, 3.8) is 0 Å². The van der Waals surface area contributed by atoms with Crippen LogP contribution in [0.4, 0.5) is 5.69 Å². The average molecular weight is 160 g/mol. The van der Waals surface area contributed by atoms with Gasteiger partial charge in [-0.25, -0.2) is 0 Å². The molecule has 0 aliphatic carbocycles. The van der Waals surface area contributed by atoms with Gasteiger partial charge in [-0.1, -0.05) is 12.1 Å². The summed E-state index contributed by atoms with van der Waals surface area (Å²) in [6.07, 6.45) is 0. The van der Waals surface area contributed by atoms with Crippen molar-refractivity contribution in [3.05, 3.63) is 30.0 Å². The lowest BCUT2D eigenvalue weighted by molar-refractivity contribution is 1.30. The zero-order valence-corrected chi connectivity index (χ0v) is 7.31. The van der Waals surface area contributed by atoms with Crippen LogP contribution in [0.5, 0.6) is 0 Å². The van der Waals surface area contributed by atoms with Gasteiger partial charge < -0.3 is 10.3 Å². The molecule has 0 saturated heterocycles. The topological polar surface area (TPSA) is 27.8 Å². The second kappa shape index (κ2) is 2.55. The van der Waals surface area contributed by atoms with Crippen molar-refractivity contribution in [3.8, 4) is 0 Å². The van der Waals surface area contributed by atoms with Crippen LogP contribution in [0.3, 0.4) is 0 Å². The first-order valence-electron chi connectivity index (χ1n) is 4.07. The van der Waals surface area contributed by atoms with Crippen molar-refractivity contribution in [1.82, 2.24) is 4.98 Å². The number of rotatable bonds is 1. The molecule has 0 aliphatic heterocycles. The van der Waals surface area contributed by atoms with E-state index in [2.05, 4.69) is 41.5 Å². The Bertz CT molecular complexity index is 401. The largest absolute Gasteiger partial charge is 0.386 e. The normalized spacial score (nSPS) is 10.5. The molecule has 0 saturated carbocycles. The standard InChI is InChI=1S/C10H12N2/c1-7-6-8-4-3-5-9(11-2)10(8)12-7/h3-6,11-12H,1-2H3. The van der Waals surface area contributed by atoms with E-state index in [1.807, 2.05) is 7.05 Å². The molecule has 0 bridgehead atoms. The lowest BCUT2D eigenvalue weighted by Crippen LogP contribution is -1.88. The fraction of sp³-hybridized carbons (Fsp3) is 0.200. The number of fused-ring (bicyclic) bond motifs is 1. The molecule has 62 valence electrons. The van der Waals surface area contributed by atoms with E-state index in [0.717, 1.165) is 5.69 Å². The summed E-state index contributed by atoms with van der Waals surface area (Å²) in [4.78, 5) is 3.32. The molecule has 0 amide bonds. The Morgan fingerprint density at radius 3 is 2.92 bits per heavy atom. The molecule has 0 fully saturated rings. The monoisotopic (exact) mass is 160 g/mol. The number of para-hydroxylation sites is 1. The molecule has 2 nitrogen and oxygen atoms in total. The van der Waals surface area contributed by atoms with Crippen molar-refractivity contribution in [2.75, 3.05) is 12.4 Å². The van der Waals surface area contributed by atoms with Crippen molar-refractivity contribution >= 4 is 16.6 Å². The highest BCUT2D eigenvalue weighted by Crippen LogP contribution is 2.22. The molecule has 1 aromatic carbocycles. The van der Waals surface area contributed by atoms with Gasteiger partial charge in [0.15, 0.2) is 0 Å². The molecule has 2 N–H and O–H groups in total. The number of H-pyrrole nitrogens is 1. The van der Waals surface area contributed by atoms with Gasteiger partial charge in [0.2, 0.25) is 0 Å². The van der Waals surface area contributed by atoms with Crippen molar-refractivity contribution in [2.24, 2.45) is 0 Å². The lowest BCUT2D eigenvalue weighted by atomic mass is 10.2. The van der Waals surface area contributed by atoms with Crippen LogP contribution < -0.4 is 5.32 Å². The zero-order valence-electron chi connectivity index (χ0n) is 7.31. The van der Waals surface area contributed by atoms with E-state index in [4.69, 9.17) is 0 Å². The Morgan fingerprint density at radius 1 is 1.33 bits per heavy atom. The summed E-state index contributed by atoms with van der Waals surface area (Å²) in [6.45, 7) is 2.07. The average Bonchev–Trinajstić information content (AvgIpc) is 2.44. The maximum Gasteiger partial charge on any atom is 0.0691 e. The molecular formula is C10H12N2. The summed E-state index contributed by atoms with van der Waals surface area (Å²) < 4.78 is 0. The second-order valence-electron chi connectivity index (χ2n) is 2.97. The van der Waals surface area contributed by atoms with E-state index in [1.165, 1.54) is 16.6 Å². The summed E-state index contributed by atoms with van der Waals surface area (Å²) in [7, 11) is 1.94. The number of anilines is 1. The van der Waals surface area contributed by atoms with Crippen LogP contribution in [0.2, 0.25) is 0 Å². The predicted octanol–water partition coefficient (Wildman–Crippen LogP) is 2.52. The van der Waals surface area contributed by atoms with E-state index in [1.54, 1.807) is 0 Å². The van der Waals surface area contributed by atoms with Crippen LogP contribution in [0.25, 0.3) is 10.9 Å². The summed E-state index contributed by atoms with van der Waals surface area (Å²) in [5.74, 6) is 0. The molecular weight excluding hydrogens is 148 g/mol. The van der Waals surface area contributed by atoms with Crippen molar-refractivity contribution in [2.45, 2.75) is 6.92 Å². The minimum atomic E-state index is 1.15. The molecule has 2 rings (SSSR count). The van der Waals surface area contributed by atoms with E-state index >= 15 is 0 Å². The number of aromatic nitrogens is 1. The molecule has 0 unspecified atom stereocenters. The first-order chi connectivity index (χ1) is 5.81. The number of benzene rings is 1. The van der Waals surface area contributed by atoms with Gasteiger partial charge in [-0.2, -0.15) is 0 Å². The van der Waals surface area contributed by atoms with Gasteiger partial charge in [-0.3, -0.25) is 0 Å². The molecule has 1 aromatic heterocycles. The van der Waals surface area contributed by atoms with Gasteiger partial charge in [-0.05, 0) is 19.1 Å². The summed E-state index contributed by atoms with van der Waals surface area (Å²) in [6, 6.07) is 8.38. The van der Waals surface area contributed by atoms with Gasteiger partial charge in [0.25, 0.3) is 0 Å². The number of nitrogens with one attached hydrogen (secondary N) is 2. The van der Waals surface area contributed by atoms with Crippen LogP contribution >= 0.6 is 0 Å². The third-order valence-electron chi connectivity index (χ3n) is 2.06. The van der Waals surface area contributed by atoms with E-state index in [0.29, 0.717) is 0 Å². The van der Waals surface area contributed by atoms with Gasteiger partial charge in [0.05, 0.1) is 11.2 Å². The molecule has 2 aromatic rings. The Morgan fingerprint density at radius 2 is 2.17 bits per heavy atom. The molecule has 0 aliphatic rings. The molecule has 12 heavy (non-hydrogen) atoms. The Balaban J connectivity index is 2.78. The minimum absolute atomic E-state index is 1.15. The smallest absolute Gasteiger partial charge is 0.0691 e. The van der Waals surface area contributed by atoms with Gasteiger partial charge >= 0.3 is 0 Å². The molecule has 0 radical (unpaired) electrons. The third-order valence-corrected chi connectivity index (χ3v) is 2.06. The zero-order chi connectivity index (χ0) is 8.55. The predicted molar refractivity (Wildman–Crippen MR) is 52.6 cm³/mol.